The van der Waals surface area contributed by atoms with Gasteiger partial charge in [-0.25, -0.2) is 0 Å². The van der Waals surface area contributed by atoms with Crippen LogP contribution in [0.3, 0.4) is 0 Å². The van der Waals surface area contributed by atoms with E-state index in [2.05, 4.69) is 19.2 Å². The predicted octanol–water partition coefficient (Wildman–Crippen LogP) is 21.4. The van der Waals surface area contributed by atoms with Crippen LogP contribution in [-0.4, -0.2) is 47.4 Å². The van der Waals surface area contributed by atoms with E-state index in [0.29, 0.717) is 25.9 Å². The van der Waals surface area contributed by atoms with E-state index in [-0.39, 0.29) is 18.5 Å². The minimum atomic E-state index is -0.664. The number of carbonyl (C=O) groups excluding carboxylic acids is 2. The third-order valence-corrected chi connectivity index (χ3v) is 16.2. The highest BCUT2D eigenvalue weighted by Crippen LogP contribution is 2.19. The minimum absolute atomic E-state index is 0.0162. The van der Waals surface area contributed by atoms with Crippen molar-refractivity contribution in [2.24, 2.45) is 0 Å². The lowest BCUT2D eigenvalue weighted by Crippen LogP contribution is -2.45. The van der Waals surface area contributed by atoms with Gasteiger partial charge in [-0.05, 0) is 25.7 Å². The summed E-state index contributed by atoms with van der Waals surface area (Å²) in [4.78, 5) is 24.6. The standard InChI is InChI=1S/C67H133NO5/c1-3-5-7-9-11-13-15-17-18-19-20-23-26-29-32-36-39-43-47-51-55-59-65(70)64(63-69)68-66(71)60-56-52-48-44-40-37-33-30-27-24-21-22-25-28-31-34-38-42-46-50-54-58-62-73-67(72)61-57-53-49-45-41-35-16-14-12-10-8-6-4-2/h64-65,69-70H,3-63H2,1-2H3,(H,68,71). The molecule has 2 unspecified atom stereocenters. The summed E-state index contributed by atoms with van der Waals surface area (Å²) in [6.45, 7) is 5.00. The van der Waals surface area contributed by atoms with Gasteiger partial charge in [-0.1, -0.05) is 354 Å². The number of unbranched alkanes of at least 4 members (excludes halogenated alkanes) is 53. The first-order chi connectivity index (χ1) is 36.0. The maximum absolute atomic E-state index is 12.5. The number of aliphatic hydroxyl groups is 2. The number of carbonyl (C=O) groups is 2. The van der Waals surface area contributed by atoms with Gasteiger partial charge in [0.15, 0.2) is 0 Å². The van der Waals surface area contributed by atoms with Gasteiger partial charge in [0.1, 0.15) is 0 Å². The summed E-state index contributed by atoms with van der Waals surface area (Å²) in [5, 5.41) is 23.4. The van der Waals surface area contributed by atoms with E-state index >= 15 is 0 Å². The molecule has 0 rings (SSSR count). The molecule has 3 N–H and O–H groups in total. The van der Waals surface area contributed by atoms with Crippen LogP contribution in [0.5, 0.6) is 0 Å². The van der Waals surface area contributed by atoms with Crippen LogP contribution >= 0.6 is 0 Å². The molecule has 0 aliphatic carbocycles. The highest BCUT2D eigenvalue weighted by molar-refractivity contribution is 5.76. The number of esters is 1. The quantitative estimate of drug-likeness (QED) is 0.0417. The van der Waals surface area contributed by atoms with E-state index in [9.17, 15) is 19.8 Å². The Morgan fingerprint density at radius 2 is 0.562 bits per heavy atom. The number of hydrogen-bond acceptors (Lipinski definition) is 5. The van der Waals surface area contributed by atoms with Crippen molar-refractivity contribution in [3.05, 3.63) is 0 Å². The topological polar surface area (TPSA) is 95.9 Å². The lowest BCUT2D eigenvalue weighted by molar-refractivity contribution is -0.143. The second-order valence-corrected chi connectivity index (χ2v) is 23.5. The van der Waals surface area contributed by atoms with Gasteiger partial charge in [-0.2, -0.15) is 0 Å². The monoisotopic (exact) mass is 1030 g/mol. The average molecular weight is 1030 g/mol. The zero-order chi connectivity index (χ0) is 52.9. The Kier molecular flexibility index (Phi) is 62.4. The molecule has 1 amide bonds. The second-order valence-electron chi connectivity index (χ2n) is 23.5. The van der Waals surface area contributed by atoms with Crippen molar-refractivity contribution in [3.8, 4) is 0 Å². The molecule has 2 atom stereocenters. The molecule has 0 bridgehead atoms. The van der Waals surface area contributed by atoms with Gasteiger partial charge in [0.05, 0.1) is 25.4 Å². The summed E-state index contributed by atoms with van der Waals surface area (Å²) < 4.78 is 5.49. The lowest BCUT2D eigenvalue weighted by Gasteiger charge is -2.22. The highest BCUT2D eigenvalue weighted by atomic mass is 16.5. The molecule has 0 heterocycles. The summed E-state index contributed by atoms with van der Waals surface area (Å²) in [6, 6.07) is -0.541. The average Bonchev–Trinajstić information content (AvgIpc) is 3.39. The molecule has 6 nitrogen and oxygen atoms in total. The second kappa shape index (κ2) is 63.4. The van der Waals surface area contributed by atoms with Crippen molar-refractivity contribution >= 4 is 11.9 Å². The molecule has 0 aliphatic rings. The molecule has 436 valence electrons. The van der Waals surface area contributed by atoms with Gasteiger partial charge in [-0.3, -0.25) is 9.59 Å². The first kappa shape index (κ1) is 71.9. The molecule has 0 aromatic heterocycles. The number of ether oxygens (including phenoxy) is 1. The molecule has 0 spiro atoms. The first-order valence-corrected chi connectivity index (χ1v) is 33.8. The van der Waals surface area contributed by atoms with Gasteiger partial charge in [0, 0.05) is 12.8 Å². The molecular formula is C67H133NO5. The molecule has 0 radical (unpaired) electrons. The largest absolute Gasteiger partial charge is 0.466 e. The Morgan fingerprint density at radius 1 is 0.329 bits per heavy atom. The van der Waals surface area contributed by atoms with Crippen LogP contribution in [0.15, 0.2) is 0 Å². The fraction of sp³-hybridized carbons (Fsp3) is 0.970. The molecule has 0 aromatic rings. The fourth-order valence-electron chi connectivity index (χ4n) is 11.0. The van der Waals surface area contributed by atoms with E-state index < -0.39 is 12.1 Å². The Balaban J connectivity index is 3.37. The van der Waals surface area contributed by atoms with Crippen molar-refractivity contribution in [1.29, 1.82) is 0 Å². The van der Waals surface area contributed by atoms with Crippen LogP contribution in [0, 0.1) is 0 Å². The van der Waals surface area contributed by atoms with Crippen LogP contribution in [0.25, 0.3) is 0 Å². The number of hydrogen-bond donors (Lipinski definition) is 3. The maximum atomic E-state index is 12.5. The van der Waals surface area contributed by atoms with Gasteiger partial charge in [0.2, 0.25) is 5.91 Å². The predicted molar refractivity (Wildman–Crippen MR) is 320 cm³/mol. The van der Waals surface area contributed by atoms with Crippen LogP contribution in [-0.2, 0) is 14.3 Å². The Hall–Kier alpha value is -1.14. The van der Waals surface area contributed by atoms with Crippen molar-refractivity contribution < 1.29 is 24.5 Å². The number of amides is 1. The van der Waals surface area contributed by atoms with Crippen molar-refractivity contribution in [2.75, 3.05) is 13.2 Å². The van der Waals surface area contributed by atoms with Crippen LogP contribution in [0.1, 0.15) is 393 Å². The Bertz CT molecular complexity index is 1050. The zero-order valence-electron chi connectivity index (χ0n) is 49.9. The third-order valence-electron chi connectivity index (χ3n) is 16.2. The Morgan fingerprint density at radius 3 is 0.836 bits per heavy atom. The van der Waals surface area contributed by atoms with Crippen molar-refractivity contribution in [1.82, 2.24) is 5.32 Å². The van der Waals surface area contributed by atoms with E-state index in [0.717, 1.165) is 38.5 Å². The van der Waals surface area contributed by atoms with Gasteiger partial charge < -0.3 is 20.3 Å². The number of rotatable bonds is 64. The normalized spacial score (nSPS) is 12.4. The summed E-state index contributed by atoms with van der Waals surface area (Å²) in [5.41, 5.74) is 0. The van der Waals surface area contributed by atoms with Crippen LogP contribution < -0.4 is 5.32 Å². The van der Waals surface area contributed by atoms with Crippen LogP contribution in [0.2, 0.25) is 0 Å². The smallest absolute Gasteiger partial charge is 0.305 e. The van der Waals surface area contributed by atoms with E-state index in [4.69, 9.17) is 4.74 Å². The molecule has 6 heteroatoms. The van der Waals surface area contributed by atoms with Crippen LogP contribution in [0.4, 0.5) is 0 Å². The Labute approximate surface area is 457 Å². The molecular weight excluding hydrogens is 899 g/mol. The summed E-state index contributed by atoms with van der Waals surface area (Å²) in [6.07, 6.45) is 75.6. The van der Waals surface area contributed by atoms with Crippen molar-refractivity contribution in [2.45, 2.75) is 405 Å². The number of nitrogens with one attached hydrogen (secondary N) is 1. The van der Waals surface area contributed by atoms with Crippen molar-refractivity contribution in [3.63, 3.8) is 0 Å². The fourth-order valence-corrected chi connectivity index (χ4v) is 11.0. The SMILES string of the molecule is CCCCCCCCCCCCCCCCCCCCCCCC(O)C(CO)NC(=O)CCCCCCCCCCCCCCCCCCCCCCCCOC(=O)CCCCCCCCCCCCCCC. The molecule has 73 heavy (non-hydrogen) atoms. The highest BCUT2D eigenvalue weighted by Gasteiger charge is 2.20. The van der Waals surface area contributed by atoms with Gasteiger partial charge in [0.25, 0.3) is 0 Å². The molecule has 0 fully saturated rings. The molecule has 0 saturated heterocycles. The maximum Gasteiger partial charge on any atom is 0.305 e. The van der Waals surface area contributed by atoms with E-state index in [1.54, 1.807) is 0 Å². The lowest BCUT2D eigenvalue weighted by atomic mass is 10.0. The van der Waals surface area contributed by atoms with Gasteiger partial charge >= 0.3 is 5.97 Å². The number of aliphatic hydroxyl groups excluding tert-OH is 2. The molecule has 0 aliphatic heterocycles. The van der Waals surface area contributed by atoms with Gasteiger partial charge in [-0.15, -0.1) is 0 Å². The summed E-state index contributed by atoms with van der Waals surface area (Å²) in [5.74, 6) is -0.0137. The third kappa shape index (κ3) is 60.0. The zero-order valence-corrected chi connectivity index (χ0v) is 49.9. The minimum Gasteiger partial charge on any atom is -0.466 e. The summed E-state index contributed by atoms with van der Waals surface area (Å²) in [7, 11) is 0. The van der Waals surface area contributed by atoms with E-state index in [1.165, 1.54) is 321 Å². The summed E-state index contributed by atoms with van der Waals surface area (Å²) >= 11 is 0. The van der Waals surface area contributed by atoms with E-state index in [1.807, 2.05) is 0 Å². The first-order valence-electron chi connectivity index (χ1n) is 33.8. The molecule has 0 saturated carbocycles. The molecule has 0 aromatic carbocycles.